The predicted octanol–water partition coefficient (Wildman–Crippen LogP) is 21.7. The number of allylic oxidation sites excluding steroid dienone is 26. The quantitative estimate of drug-likeness (QED) is 0.0261. The molecule has 6 nitrogen and oxygen atoms in total. The lowest BCUT2D eigenvalue weighted by Crippen LogP contribution is -2.30. The summed E-state index contributed by atoms with van der Waals surface area (Å²) >= 11 is 0. The number of unbranched alkanes of at least 4 members (excludes halogenated alkanes) is 18. The van der Waals surface area contributed by atoms with Gasteiger partial charge >= 0.3 is 17.9 Å². The van der Waals surface area contributed by atoms with Gasteiger partial charge in [0.2, 0.25) is 0 Å². The summed E-state index contributed by atoms with van der Waals surface area (Å²) in [6, 6.07) is 0. The van der Waals surface area contributed by atoms with Crippen molar-refractivity contribution in [2.45, 2.75) is 264 Å². The SMILES string of the molecule is CC/C=C\C/C=C\C/C=C\C/C=C\C/C=C\C/C=C\C/C=C\C/C=C\CCCCCCC(=O)OCC(COC(=O)CCCCCCC/C=C\C/C=C\C/C=C\CC)OC(=O)CCCCCCC/C=C\C/C=C\CCCCCC. The van der Waals surface area contributed by atoms with Crippen LogP contribution in [0.15, 0.2) is 158 Å². The van der Waals surface area contributed by atoms with Crippen molar-refractivity contribution in [2.75, 3.05) is 13.2 Å². The topological polar surface area (TPSA) is 78.9 Å². The van der Waals surface area contributed by atoms with E-state index in [0.29, 0.717) is 19.3 Å². The number of hydrogen-bond donors (Lipinski definition) is 0. The molecular formula is C72H114O6. The van der Waals surface area contributed by atoms with Crippen LogP contribution in [0.5, 0.6) is 0 Å². The van der Waals surface area contributed by atoms with Crippen molar-refractivity contribution in [3.05, 3.63) is 158 Å². The molecule has 0 spiro atoms. The van der Waals surface area contributed by atoms with Crippen LogP contribution in [0.4, 0.5) is 0 Å². The minimum atomic E-state index is -0.812. The lowest BCUT2D eigenvalue weighted by Gasteiger charge is -2.18. The van der Waals surface area contributed by atoms with Crippen molar-refractivity contribution < 1.29 is 28.6 Å². The molecule has 0 amide bonds. The van der Waals surface area contributed by atoms with Crippen molar-refractivity contribution in [3.8, 4) is 0 Å². The maximum Gasteiger partial charge on any atom is 0.306 e. The van der Waals surface area contributed by atoms with Crippen LogP contribution in [-0.4, -0.2) is 37.2 Å². The molecule has 6 heteroatoms. The summed E-state index contributed by atoms with van der Waals surface area (Å²) in [6.45, 7) is 6.34. The predicted molar refractivity (Wildman–Crippen MR) is 338 cm³/mol. The van der Waals surface area contributed by atoms with Gasteiger partial charge in [0.25, 0.3) is 0 Å². The second-order valence-electron chi connectivity index (χ2n) is 20.2. The number of esters is 3. The zero-order valence-electron chi connectivity index (χ0n) is 50.1. The third-order valence-electron chi connectivity index (χ3n) is 12.7. The molecule has 1 atom stereocenters. The van der Waals surface area contributed by atoms with E-state index >= 15 is 0 Å². The normalized spacial score (nSPS) is 13.2. The second-order valence-corrected chi connectivity index (χ2v) is 20.2. The molecule has 0 rings (SSSR count). The monoisotopic (exact) mass is 1070 g/mol. The van der Waals surface area contributed by atoms with E-state index in [1.807, 2.05) is 0 Å². The van der Waals surface area contributed by atoms with Crippen molar-refractivity contribution in [1.82, 2.24) is 0 Å². The number of ether oxygens (including phenoxy) is 3. The molecule has 0 bridgehead atoms. The van der Waals surface area contributed by atoms with Gasteiger partial charge in [0.1, 0.15) is 13.2 Å². The van der Waals surface area contributed by atoms with E-state index in [9.17, 15) is 14.4 Å². The van der Waals surface area contributed by atoms with Gasteiger partial charge in [-0.2, -0.15) is 0 Å². The minimum Gasteiger partial charge on any atom is -0.462 e. The van der Waals surface area contributed by atoms with Gasteiger partial charge in [-0.15, -0.1) is 0 Å². The van der Waals surface area contributed by atoms with Crippen LogP contribution in [0.3, 0.4) is 0 Å². The summed E-state index contributed by atoms with van der Waals surface area (Å²) in [7, 11) is 0. The van der Waals surface area contributed by atoms with Gasteiger partial charge in [-0.1, -0.05) is 249 Å². The number of hydrogen-bond acceptors (Lipinski definition) is 6. The summed E-state index contributed by atoms with van der Waals surface area (Å²) in [4.78, 5) is 38.3. The Kier molecular flexibility index (Phi) is 60.4. The number of carbonyl (C=O) groups excluding carboxylic acids is 3. The first-order chi connectivity index (χ1) is 38.5. The lowest BCUT2D eigenvalue weighted by atomic mass is 10.1. The summed E-state index contributed by atoms with van der Waals surface area (Å²) in [5.41, 5.74) is 0. The summed E-state index contributed by atoms with van der Waals surface area (Å²) in [5, 5.41) is 0. The van der Waals surface area contributed by atoms with Crippen LogP contribution in [0.25, 0.3) is 0 Å². The molecule has 0 aromatic rings. The minimum absolute atomic E-state index is 0.107. The van der Waals surface area contributed by atoms with Crippen molar-refractivity contribution in [3.63, 3.8) is 0 Å². The molecule has 0 saturated heterocycles. The van der Waals surface area contributed by atoms with Gasteiger partial charge in [-0.05, 0) is 148 Å². The van der Waals surface area contributed by atoms with Crippen LogP contribution in [0, 0.1) is 0 Å². The largest absolute Gasteiger partial charge is 0.462 e. The Bertz CT molecular complexity index is 1760. The summed E-state index contributed by atoms with van der Waals surface area (Å²) < 4.78 is 16.9. The van der Waals surface area contributed by atoms with Crippen LogP contribution in [0.1, 0.15) is 258 Å². The van der Waals surface area contributed by atoms with E-state index in [4.69, 9.17) is 14.2 Å². The smallest absolute Gasteiger partial charge is 0.306 e. The van der Waals surface area contributed by atoms with Gasteiger partial charge in [0.05, 0.1) is 0 Å². The molecule has 0 fully saturated rings. The van der Waals surface area contributed by atoms with Crippen molar-refractivity contribution in [2.24, 2.45) is 0 Å². The molecule has 1 unspecified atom stereocenters. The van der Waals surface area contributed by atoms with E-state index in [1.165, 1.54) is 32.1 Å². The van der Waals surface area contributed by atoms with E-state index in [0.717, 1.165) is 186 Å². The molecule has 0 aliphatic heterocycles. The molecule has 0 aliphatic carbocycles. The fourth-order valence-electron chi connectivity index (χ4n) is 8.09. The Morgan fingerprint density at radius 3 is 0.782 bits per heavy atom. The molecule has 0 heterocycles. The molecular weight excluding hydrogens is 961 g/mol. The van der Waals surface area contributed by atoms with Gasteiger partial charge < -0.3 is 14.2 Å². The highest BCUT2D eigenvalue weighted by molar-refractivity contribution is 5.71. The van der Waals surface area contributed by atoms with Crippen LogP contribution in [-0.2, 0) is 28.6 Å². The first-order valence-electron chi connectivity index (χ1n) is 31.5. The zero-order chi connectivity index (χ0) is 56.4. The van der Waals surface area contributed by atoms with Crippen molar-refractivity contribution >= 4 is 17.9 Å². The molecule has 78 heavy (non-hydrogen) atoms. The highest BCUT2D eigenvalue weighted by Crippen LogP contribution is 2.13. The van der Waals surface area contributed by atoms with E-state index < -0.39 is 6.10 Å². The van der Waals surface area contributed by atoms with Crippen LogP contribution < -0.4 is 0 Å². The average Bonchev–Trinajstić information content (AvgIpc) is 3.44. The number of rotatable bonds is 55. The van der Waals surface area contributed by atoms with E-state index in [1.54, 1.807) is 0 Å². The Hall–Kier alpha value is -4.97. The molecule has 438 valence electrons. The summed E-state index contributed by atoms with van der Waals surface area (Å²) in [5.74, 6) is -0.966. The van der Waals surface area contributed by atoms with Crippen LogP contribution in [0.2, 0.25) is 0 Å². The Morgan fingerprint density at radius 2 is 0.500 bits per heavy atom. The zero-order valence-corrected chi connectivity index (χ0v) is 50.1. The molecule has 0 N–H and O–H groups in total. The highest BCUT2D eigenvalue weighted by atomic mass is 16.6. The maximum absolute atomic E-state index is 12.9. The van der Waals surface area contributed by atoms with Crippen LogP contribution >= 0.6 is 0 Å². The average molecular weight is 1080 g/mol. The molecule has 0 aromatic carbocycles. The highest BCUT2D eigenvalue weighted by Gasteiger charge is 2.19. The first-order valence-corrected chi connectivity index (χ1v) is 31.5. The van der Waals surface area contributed by atoms with Gasteiger partial charge in [0, 0.05) is 19.3 Å². The summed E-state index contributed by atoms with van der Waals surface area (Å²) in [6.07, 6.45) is 93.8. The number of carbonyl (C=O) groups is 3. The maximum atomic E-state index is 12.9. The second kappa shape index (κ2) is 64.6. The first kappa shape index (κ1) is 73.0. The van der Waals surface area contributed by atoms with E-state index in [-0.39, 0.29) is 31.1 Å². The molecule has 0 radical (unpaired) electrons. The standard InChI is InChI=1S/C72H114O6/c1-4-7-10-13-16-19-22-25-28-30-31-32-33-34-35-36-37-38-39-40-41-42-45-47-50-53-56-59-62-65-71(74)77-68-69(67-76-70(73)64-61-58-55-52-49-46-43-27-24-21-18-15-12-9-6-3)78-72(75)66-63-60-57-54-51-48-44-29-26-23-20-17-14-11-8-5-2/h7,9-10,12,16,18-21,23,25,27-29,31-32,34-35,37-38,40-41,43-45,47,69H,4-6,8,11,13-15,17,22,24,26,30,33,36,39,42,46,48-68H2,1-3H3/b10-7-,12-9-,19-16-,21-18-,23-20-,28-25-,32-31-,35-34-,38-37-,41-40-,43-27-,44-29-,47-45-. The fraction of sp³-hybridized carbons (Fsp3) is 0.597. The van der Waals surface area contributed by atoms with E-state index in [2.05, 4.69) is 179 Å². The fourth-order valence-corrected chi connectivity index (χ4v) is 8.09. The molecule has 0 aromatic heterocycles. The molecule has 0 saturated carbocycles. The third kappa shape index (κ3) is 61.9. The Morgan fingerprint density at radius 1 is 0.269 bits per heavy atom. The van der Waals surface area contributed by atoms with Gasteiger partial charge in [-0.3, -0.25) is 14.4 Å². The lowest BCUT2D eigenvalue weighted by molar-refractivity contribution is -0.167. The Balaban J connectivity index is 4.45. The molecule has 0 aliphatic rings. The van der Waals surface area contributed by atoms with Crippen molar-refractivity contribution in [1.29, 1.82) is 0 Å². The third-order valence-corrected chi connectivity index (χ3v) is 12.7. The van der Waals surface area contributed by atoms with Gasteiger partial charge in [-0.25, -0.2) is 0 Å². The Labute approximate surface area is 480 Å². The van der Waals surface area contributed by atoms with Gasteiger partial charge in [0.15, 0.2) is 6.10 Å².